The fraction of sp³-hybridized carbons (Fsp3) is 0.353. The Kier molecular flexibility index (Phi) is 4.73. The normalized spacial score (nSPS) is 14.3. The molecule has 2 heterocycles. The van der Waals surface area contributed by atoms with E-state index in [0.717, 1.165) is 34.8 Å². The number of nitrogens with one attached hydrogen (secondary N) is 2. The maximum atomic E-state index is 11.5. The summed E-state index contributed by atoms with van der Waals surface area (Å²) in [4.78, 5) is 11.5. The zero-order chi connectivity index (χ0) is 17.2. The molecule has 0 bridgehead atoms. The van der Waals surface area contributed by atoms with Crippen LogP contribution in [0, 0.1) is 0 Å². The number of hydrogen-bond donors (Lipinski definition) is 2. The van der Waals surface area contributed by atoms with Gasteiger partial charge in [-0.25, -0.2) is 8.42 Å². The third-order valence-corrected chi connectivity index (χ3v) is 4.85. The number of rotatable bonds is 6. The van der Waals surface area contributed by atoms with Crippen LogP contribution in [0.4, 0.5) is 5.69 Å². The Morgan fingerprint density at radius 2 is 2.04 bits per heavy atom. The average Bonchev–Trinajstić information content (AvgIpc) is 2.99. The van der Waals surface area contributed by atoms with E-state index in [1.807, 2.05) is 30.3 Å². The van der Waals surface area contributed by atoms with Crippen molar-refractivity contribution >= 4 is 21.4 Å². The first-order valence-electron chi connectivity index (χ1n) is 7.81. The van der Waals surface area contributed by atoms with E-state index >= 15 is 0 Å². The predicted molar refractivity (Wildman–Crippen MR) is 92.5 cm³/mol. The summed E-state index contributed by atoms with van der Waals surface area (Å²) < 4.78 is 28.0. The molecule has 128 valence electrons. The largest absolute Gasteiger partial charge is 0.460 e. The topological polar surface area (TPSA) is 88.4 Å². The van der Waals surface area contributed by atoms with Crippen LogP contribution in [0.3, 0.4) is 0 Å². The second kappa shape index (κ2) is 6.78. The van der Waals surface area contributed by atoms with Crippen LogP contribution < -0.4 is 10.6 Å². The highest BCUT2D eigenvalue weighted by Crippen LogP contribution is 2.30. The van der Waals surface area contributed by atoms with E-state index in [2.05, 4.69) is 10.6 Å². The van der Waals surface area contributed by atoms with E-state index in [-0.39, 0.29) is 11.7 Å². The molecule has 24 heavy (non-hydrogen) atoms. The second-order valence-electron chi connectivity index (χ2n) is 5.99. The molecule has 1 amide bonds. The molecular formula is C17H20N2O4S. The van der Waals surface area contributed by atoms with Crippen molar-refractivity contribution in [1.82, 2.24) is 5.32 Å². The Balaban J connectivity index is 1.65. The zero-order valence-electron chi connectivity index (χ0n) is 13.5. The molecule has 0 saturated heterocycles. The molecule has 1 aromatic carbocycles. The van der Waals surface area contributed by atoms with E-state index in [1.54, 1.807) is 0 Å². The summed E-state index contributed by atoms with van der Waals surface area (Å²) in [5.74, 6) is 1.60. The summed E-state index contributed by atoms with van der Waals surface area (Å²) in [5.41, 5.74) is 2.87. The summed E-state index contributed by atoms with van der Waals surface area (Å²) in [6.45, 7) is 0.858. The van der Waals surface area contributed by atoms with Crippen molar-refractivity contribution < 1.29 is 17.6 Å². The molecule has 2 N–H and O–H groups in total. The Hall–Kier alpha value is -2.12. The smallest absolute Gasteiger partial charge is 0.224 e. The molecular weight excluding hydrogens is 328 g/mol. The van der Waals surface area contributed by atoms with Gasteiger partial charge in [-0.3, -0.25) is 4.79 Å². The van der Waals surface area contributed by atoms with Gasteiger partial charge in [-0.15, -0.1) is 0 Å². The van der Waals surface area contributed by atoms with E-state index in [0.29, 0.717) is 19.5 Å². The van der Waals surface area contributed by atoms with Gasteiger partial charge in [0, 0.05) is 30.5 Å². The number of carbonyl (C=O) groups is 1. The van der Waals surface area contributed by atoms with Gasteiger partial charge < -0.3 is 15.1 Å². The maximum absolute atomic E-state index is 11.5. The average molecular weight is 348 g/mol. The van der Waals surface area contributed by atoms with E-state index < -0.39 is 9.84 Å². The van der Waals surface area contributed by atoms with Crippen molar-refractivity contribution in [1.29, 1.82) is 0 Å². The molecule has 0 atom stereocenters. The minimum Gasteiger partial charge on any atom is -0.460 e. The number of benzene rings is 1. The minimum atomic E-state index is -2.96. The minimum absolute atomic E-state index is 0.0369. The summed E-state index contributed by atoms with van der Waals surface area (Å²) >= 11 is 0. The maximum Gasteiger partial charge on any atom is 0.224 e. The van der Waals surface area contributed by atoms with Crippen molar-refractivity contribution in [3.05, 3.63) is 41.7 Å². The third kappa shape index (κ3) is 4.24. The number of hydrogen-bond acceptors (Lipinski definition) is 5. The lowest BCUT2D eigenvalue weighted by Gasteiger charge is -2.17. The number of aryl methyl sites for hydroxylation is 1. The Labute approximate surface area is 141 Å². The summed E-state index contributed by atoms with van der Waals surface area (Å²) in [6, 6.07) is 9.65. The van der Waals surface area contributed by atoms with Gasteiger partial charge in [0.05, 0.1) is 12.3 Å². The number of anilines is 1. The van der Waals surface area contributed by atoms with Gasteiger partial charge in [-0.2, -0.15) is 0 Å². The van der Waals surface area contributed by atoms with Gasteiger partial charge in [0.1, 0.15) is 21.4 Å². The highest BCUT2D eigenvalue weighted by atomic mass is 32.2. The van der Waals surface area contributed by atoms with Gasteiger partial charge in [-0.05, 0) is 30.2 Å². The fourth-order valence-electron chi connectivity index (χ4n) is 2.62. The van der Waals surface area contributed by atoms with Crippen molar-refractivity contribution in [3.8, 4) is 11.3 Å². The lowest BCUT2D eigenvalue weighted by atomic mass is 10.00. The van der Waals surface area contributed by atoms with Crippen LogP contribution in [0.5, 0.6) is 0 Å². The Morgan fingerprint density at radius 3 is 2.83 bits per heavy atom. The lowest BCUT2D eigenvalue weighted by molar-refractivity contribution is -0.116. The number of carbonyl (C=O) groups excluding carboxylic acids is 1. The van der Waals surface area contributed by atoms with E-state index in [9.17, 15) is 13.2 Å². The molecule has 0 fully saturated rings. The first-order valence-corrected chi connectivity index (χ1v) is 9.87. The van der Waals surface area contributed by atoms with Gasteiger partial charge in [0.2, 0.25) is 5.91 Å². The van der Waals surface area contributed by atoms with Crippen molar-refractivity contribution in [2.24, 2.45) is 0 Å². The molecule has 6 nitrogen and oxygen atoms in total. The molecule has 1 aliphatic heterocycles. The molecule has 0 saturated carbocycles. The van der Waals surface area contributed by atoms with E-state index in [1.165, 1.54) is 6.26 Å². The quantitative estimate of drug-likeness (QED) is 0.779. The summed E-state index contributed by atoms with van der Waals surface area (Å²) in [5, 5.41) is 5.93. The molecule has 0 spiro atoms. The van der Waals surface area contributed by atoms with Gasteiger partial charge >= 0.3 is 0 Å². The highest BCUT2D eigenvalue weighted by Gasteiger charge is 2.16. The zero-order valence-corrected chi connectivity index (χ0v) is 14.3. The SMILES string of the molecule is CS(=O)(=O)CCNCc1ccc(-c2ccc3c(c2)NC(=O)CC3)o1. The third-order valence-electron chi connectivity index (χ3n) is 3.90. The number of furan rings is 1. The Bertz CT molecular complexity index is 855. The number of sulfone groups is 1. The predicted octanol–water partition coefficient (Wildman–Crippen LogP) is 1.97. The molecule has 0 unspecified atom stereocenters. The molecule has 7 heteroatoms. The van der Waals surface area contributed by atoms with E-state index in [4.69, 9.17) is 4.42 Å². The van der Waals surface area contributed by atoms with Gasteiger partial charge in [0.25, 0.3) is 0 Å². The van der Waals surface area contributed by atoms with Crippen LogP contribution in [0.1, 0.15) is 17.7 Å². The highest BCUT2D eigenvalue weighted by molar-refractivity contribution is 7.90. The van der Waals surface area contributed by atoms with Gasteiger partial charge in [-0.1, -0.05) is 12.1 Å². The first-order chi connectivity index (χ1) is 11.4. The van der Waals surface area contributed by atoms with Crippen molar-refractivity contribution in [3.63, 3.8) is 0 Å². The molecule has 0 aliphatic carbocycles. The van der Waals surface area contributed by atoms with Crippen LogP contribution in [0.15, 0.2) is 34.7 Å². The molecule has 1 aliphatic rings. The molecule has 2 aromatic rings. The molecule has 3 rings (SSSR count). The first kappa shape index (κ1) is 16.7. The molecule has 0 radical (unpaired) electrons. The van der Waals surface area contributed by atoms with Crippen molar-refractivity contribution in [2.75, 3.05) is 23.9 Å². The van der Waals surface area contributed by atoms with Crippen LogP contribution in [-0.4, -0.2) is 32.9 Å². The molecule has 1 aromatic heterocycles. The summed E-state index contributed by atoms with van der Waals surface area (Å²) in [7, 11) is -2.96. The van der Waals surface area contributed by atoms with Crippen LogP contribution in [-0.2, 0) is 27.6 Å². The lowest BCUT2D eigenvalue weighted by Crippen LogP contribution is -2.21. The monoisotopic (exact) mass is 348 g/mol. The van der Waals surface area contributed by atoms with Crippen LogP contribution in [0.25, 0.3) is 11.3 Å². The van der Waals surface area contributed by atoms with Crippen LogP contribution >= 0.6 is 0 Å². The number of amides is 1. The van der Waals surface area contributed by atoms with Crippen molar-refractivity contribution in [2.45, 2.75) is 19.4 Å². The second-order valence-corrected chi connectivity index (χ2v) is 8.25. The van der Waals surface area contributed by atoms with Crippen LogP contribution in [0.2, 0.25) is 0 Å². The fourth-order valence-corrected chi connectivity index (χ4v) is 3.14. The summed E-state index contributed by atoms with van der Waals surface area (Å²) in [6.07, 6.45) is 2.50. The standard InChI is InChI=1S/C17H20N2O4S/c1-24(21,22)9-8-18-11-14-5-6-16(23-14)13-3-2-12-4-7-17(20)19-15(12)10-13/h2-3,5-6,10,18H,4,7-9,11H2,1H3,(H,19,20). The number of fused-ring (bicyclic) bond motifs is 1. The van der Waals surface area contributed by atoms with Gasteiger partial charge in [0.15, 0.2) is 0 Å². The Morgan fingerprint density at radius 1 is 1.21 bits per heavy atom.